The third kappa shape index (κ3) is 4.23. The van der Waals surface area contributed by atoms with Crippen molar-refractivity contribution in [2.24, 2.45) is 0 Å². The Morgan fingerprint density at radius 3 is 2.41 bits per heavy atom. The van der Waals surface area contributed by atoms with Gasteiger partial charge in [0.15, 0.2) is 21.3 Å². The van der Waals surface area contributed by atoms with Crippen molar-refractivity contribution in [1.82, 2.24) is 9.97 Å². The van der Waals surface area contributed by atoms with E-state index >= 15 is 0 Å². The van der Waals surface area contributed by atoms with Gasteiger partial charge in [-0.2, -0.15) is 0 Å². The fourth-order valence-corrected chi connectivity index (χ4v) is 3.48. The molecule has 0 atom stereocenters. The molecule has 0 aliphatic rings. The maximum absolute atomic E-state index is 12.1. The fourth-order valence-electron chi connectivity index (χ4n) is 2.55. The van der Waals surface area contributed by atoms with Crippen molar-refractivity contribution in [3.63, 3.8) is 0 Å². The second-order valence-corrected chi connectivity index (χ2v) is 7.78. The molecule has 3 rings (SSSR count). The van der Waals surface area contributed by atoms with Crippen molar-refractivity contribution in [2.45, 2.75) is 11.8 Å². The number of sulfone groups is 1. The maximum Gasteiger partial charge on any atom is 0.178 e. The molecule has 1 heterocycles. The van der Waals surface area contributed by atoms with Crippen LogP contribution in [0.2, 0.25) is 0 Å². The molecule has 1 aromatic heterocycles. The van der Waals surface area contributed by atoms with Crippen LogP contribution in [0.15, 0.2) is 47.6 Å². The zero-order valence-corrected chi connectivity index (χ0v) is 16.7. The Labute approximate surface area is 164 Å². The average molecular weight is 410 g/mol. The number of nitrogens with one attached hydrogen (secondary N) is 1. The molecule has 0 fully saturated rings. The molecule has 0 spiro atoms. The van der Waals surface area contributed by atoms with Gasteiger partial charge in [-0.15, -0.1) is 12.4 Å². The molecule has 2 aromatic carbocycles. The summed E-state index contributed by atoms with van der Waals surface area (Å²) in [5.41, 5.74) is 1.30. The number of halogens is 1. The molecule has 1 N–H and O–H groups in total. The minimum atomic E-state index is -3.28. The van der Waals surface area contributed by atoms with Crippen LogP contribution in [0.1, 0.15) is 6.92 Å². The summed E-state index contributed by atoms with van der Waals surface area (Å²) in [5.74, 6) is 1.71. The summed E-state index contributed by atoms with van der Waals surface area (Å²) < 4.78 is 34.8. The molecule has 27 heavy (non-hydrogen) atoms. The smallest absolute Gasteiger partial charge is 0.178 e. The first-order chi connectivity index (χ1) is 12.5. The van der Waals surface area contributed by atoms with Crippen LogP contribution in [0.4, 0.5) is 11.5 Å². The van der Waals surface area contributed by atoms with Gasteiger partial charge < -0.3 is 14.8 Å². The van der Waals surface area contributed by atoms with Crippen molar-refractivity contribution >= 4 is 44.7 Å². The van der Waals surface area contributed by atoms with E-state index in [1.54, 1.807) is 57.5 Å². The number of hydrogen-bond acceptors (Lipinski definition) is 7. The zero-order valence-electron chi connectivity index (χ0n) is 15.1. The van der Waals surface area contributed by atoms with Crippen LogP contribution in [0.5, 0.6) is 11.5 Å². The number of benzene rings is 2. The molecule has 0 radical (unpaired) electrons. The highest BCUT2D eigenvalue weighted by molar-refractivity contribution is 7.91. The molecule has 0 aliphatic carbocycles. The number of methoxy groups -OCH3 is 2. The van der Waals surface area contributed by atoms with Gasteiger partial charge in [0.25, 0.3) is 0 Å². The van der Waals surface area contributed by atoms with Crippen LogP contribution in [-0.4, -0.2) is 38.4 Å². The van der Waals surface area contributed by atoms with Crippen molar-refractivity contribution in [3.05, 3.63) is 42.7 Å². The molecule has 0 unspecified atom stereocenters. The Kier molecular flexibility index (Phi) is 6.45. The van der Waals surface area contributed by atoms with E-state index in [1.807, 2.05) is 0 Å². The van der Waals surface area contributed by atoms with Gasteiger partial charge in [-0.25, -0.2) is 18.4 Å². The Balaban J connectivity index is 0.00000261. The van der Waals surface area contributed by atoms with Gasteiger partial charge in [0.2, 0.25) is 0 Å². The molecule has 0 amide bonds. The zero-order chi connectivity index (χ0) is 18.7. The fraction of sp³-hybridized carbons (Fsp3) is 0.222. The van der Waals surface area contributed by atoms with Gasteiger partial charge in [0.05, 0.1) is 30.4 Å². The number of ether oxygens (including phenoxy) is 2. The molecular formula is C18H20ClN3O4S. The summed E-state index contributed by atoms with van der Waals surface area (Å²) >= 11 is 0. The first-order valence-corrected chi connectivity index (χ1v) is 9.60. The van der Waals surface area contributed by atoms with E-state index in [2.05, 4.69) is 15.3 Å². The van der Waals surface area contributed by atoms with Crippen LogP contribution in [0, 0.1) is 0 Å². The Morgan fingerprint density at radius 1 is 1.04 bits per heavy atom. The molecule has 0 saturated carbocycles. The Morgan fingerprint density at radius 2 is 1.74 bits per heavy atom. The Hall–Kier alpha value is -2.58. The third-order valence-electron chi connectivity index (χ3n) is 3.98. The predicted molar refractivity (Wildman–Crippen MR) is 107 cm³/mol. The third-order valence-corrected chi connectivity index (χ3v) is 5.71. The lowest BCUT2D eigenvalue weighted by atomic mass is 10.2. The molecule has 7 nitrogen and oxygen atoms in total. The topological polar surface area (TPSA) is 90.4 Å². The van der Waals surface area contributed by atoms with E-state index in [0.29, 0.717) is 28.5 Å². The molecule has 0 saturated heterocycles. The van der Waals surface area contributed by atoms with Gasteiger partial charge in [0, 0.05) is 17.1 Å². The van der Waals surface area contributed by atoms with Crippen molar-refractivity contribution in [2.75, 3.05) is 25.3 Å². The highest BCUT2D eigenvalue weighted by atomic mass is 35.5. The first-order valence-electron chi connectivity index (χ1n) is 7.95. The first kappa shape index (κ1) is 20.7. The van der Waals surface area contributed by atoms with E-state index in [4.69, 9.17) is 9.47 Å². The van der Waals surface area contributed by atoms with Gasteiger partial charge >= 0.3 is 0 Å². The summed E-state index contributed by atoms with van der Waals surface area (Å²) in [7, 11) is -0.170. The quantitative estimate of drug-likeness (QED) is 0.665. The van der Waals surface area contributed by atoms with E-state index in [0.717, 1.165) is 5.39 Å². The highest BCUT2D eigenvalue weighted by Gasteiger charge is 2.14. The number of rotatable bonds is 6. The molecule has 9 heteroatoms. The minimum absolute atomic E-state index is 0. The summed E-state index contributed by atoms with van der Waals surface area (Å²) in [6, 6.07) is 10.2. The van der Waals surface area contributed by atoms with Crippen LogP contribution in [0.3, 0.4) is 0 Å². The van der Waals surface area contributed by atoms with E-state index < -0.39 is 9.84 Å². The van der Waals surface area contributed by atoms with E-state index in [-0.39, 0.29) is 23.1 Å². The number of nitrogens with zero attached hydrogens (tertiary/aromatic N) is 2. The van der Waals surface area contributed by atoms with Crippen LogP contribution in [0.25, 0.3) is 10.9 Å². The summed E-state index contributed by atoms with van der Waals surface area (Å²) in [4.78, 5) is 8.80. The summed E-state index contributed by atoms with van der Waals surface area (Å²) in [5, 5.41) is 3.89. The van der Waals surface area contributed by atoms with Gasteiger partial charge in [-0.1, -0.05) is 13.0 Å². The van der Waals surface area contributed by atoms with Crippen LogP contribution in [-0.2, 0) is 9.84 Å². The molecular weight excluding hydrogens is 390 g/mol. The van der Waals surface area contributed by atoms with Gasteiger partial charge in [0.1, 0.15) is 12.1 Å². The maximum atomic E-state index is 12.1. The largest absolute Gasteiger partial charge is 0.493 e. The minimum Gasteiger partial charge on any atom is -0.493 e. The normalized spacial score (nSPS) is 10.9. The Bertz CT molecular complexity index is 1060. The molecule has 0 aliphatic heterocycles. The van der Waals surface area contributed by atoms with Crippen molar-refractivity contribution < 1.29 is 17.9 Å². The standard InChI is InChI=1S/C18H19N3O4S.ClH/c1-4-26(22,23)13-7-5-6-12(8-13)21-18-14-9-16(24-2)17(25-3)10-15(14)19-11-20-18;/h5-11H,4H2,1-3H3,(H,19,20,21);1H. The van der Waals surface area contributed by atoms with Gasteiger partial charge in [-0.05, 0) is 24.3 Å². The van der Waals surface area contributed by atoms with E-state index in [9.17, 15) is 8.42 Å². The molecule has 3 aromatic rings. The van der Waals surface area contributed by atoms with Crippen LogP contribution < -0.4 is 14.8 Å². The number of fused-ring (bicyclic) bond motifs is 1. The predicted octanol–water partition coefficient (Wildman–Crippen LogP) is 3.61. The second-order valence-electron chi connectivity index (χ2n) is 5.50. The highest BCUT2D eigenvalue weighted by Crippen LogP contribution is 2.34. The van der Waals surface area contributed by atoms with Crippen LogP contribution >= 0.6 is 12.4 Å². The SMILES string of the molecule is CCS(=O)(=O)c1cccc(Nc2ncnc3cc(OC)c(OC)cc23)c1.Cl. The van der Waals surface area contributed by atoms with Crippen molar-refractivity contribution in [1.29, 1.82) is 0 Å². The second kappa shape index (κ2) is 8.41. The summed E-state index contributed by atoms with van der Waals surface area (Å²) in [6.45, 7) is 1.62. The van der Waals surface area contributed by atoms with Gasteiger partial charge in [-0.3, -0.25) is 0 Å². The average Bonchev–Trinajstić information content (AvgIpc) is 2.67. The lowest BCUT2D eigenvalue weighted by molar-refractivity contribution is 0.356. The lowest BCUT2D eigenvalue weighted by Gasteiger charge is -2.12. The number of hydrogen-bond donors (Lipinski definition) is 1. The summed E-state index contributed by atoms with van der Waals surface area (Å²) in [6.07, 6.45) is 1.43. The monoisotopic (exact) mass is 409 g/mol. The number of anilines is 2. The molecule has 0 bridgehead atoms. The number of aromatic nitrogens is 2. The van der Waals surface area contributed by atoms with E-state index in [1.165, 1.54) is 6.33 Å². The lowest BCUT2D eigenvalue weighted by Crippen LogP contribution is -2.04. The van der Waals surface area contributed by atoms with Crippen molar-refractivity contribution in [3.8, 4) is 11.5 Å². The molecule has 144 valence electrons.